The fourth-order valence-corrected chi connectivity index (χ4v) is 2.22. The van der Waals surface area contributed by atoms with E-state index >= 15 is 0 Å². The van der Waals surface area contributed by atoms with Crippen LogP contribution in [0.3, 0.4) is 0 Å². The molecule has 0 bridgehead atoms. The fraction of sp³-hybridized carbons (Fsp3) is 0.538. The first-order valence-electron chi connectivity index (χ1n) is 6.16. The van der Waals surface area contributed by atoms with Crippen molar-refractivity contribution < 1.29 is 4.79 Å². The summed E-state index contributed by atoms with van der Waals surface area (Å²) < 4.78 is 0. The van der Waals surface area contributed by atoms with Crippen LogP contribution in [0.1, 0.15) is 25.3 Å². The monoisotopic (exact) mass is 267 g/mol. The van der Waals surface area contributed by atoms with E-state index in [2.05, 4.69) is 15.6 Å². The molecular weight excluding hydrogens is 250 g/mol. The van der Waals surface area contributed by atoms with Gasteiger partial charge in [-0.25, -0.2) is 4.98 Å². The molecule has 1 aromatic heterocycles. The molecule has 1 saturated heterocycles. The number of carbonyl (C=O) groups excluding carboxylic acids is 1. The Labute approximate surface area is 112 Å². The Hall–Kier alpha value is -1.13. The Balaban J connectivity index is 2.08. The van der Waals surface area contributed by atoms with E-state index < -0.39 is 0 Å². The molecule has 98 valence electrons. The van der Waals surface area contributed by atoms with Crippen molar-refractivity contribution >= 4 is 23.2 Å². The summed E-state index contributed by atoms with van der Waals surface area (Å²) in [6, 6.07) is 1.84. The maximum Gasteiger partial charge on any atom is 0.230 e. The number of nitrogens with one attached hydrogen (secondary N) is 2. The lowest BCUT2D eigenvalue weighted by molar-refractivity contribution is -0.126. The highest BCUT2D eigenvalue weighted by Crippen LogP contribution is 2.29. The predicted octanol–water partition coefficient (Wildman–Crippen LogP) is 2.37. The number of carbonyl (C=O) groups is 1. The molecule has 1 aliphatic rings. The molecule has 0 spiro atoms. The van der Waals surface area contributed by atoms with E-state index in [0.29, 0.717) is 10.8 Å². The van der Waals surface area contributed by atoms with Crippen LogP contribution in [0, 0.1) is 12.3 Å². The average molecular weight is 268 g/mol. The van der Waals surface area contributed by atoms with Gasteiger partial charge < -0.3 is 10.6 Å². The van der Waals surface area contributed by atoms with Crippen molar-refractivity contribution in [2.45, 2.75) is 26.7 Å². The summed E-state index contributed by atoms with van der Waals surface area (Å²) >= 11 is 5.86. The smallest absolute Gasteiger partial charge is 0.230 e. The third kappa shape index (κ3) is 2.82. The minimum absolute atomic E-state index is 0.0625. The van der Waals surface area contributed by atoms with Gasteiger partial charge in [0.1, 0.15) is 5.15 Å². The molecule has 0 aromatic carbocycles. The summed E-state index contributed by atoms with van der Waals surface area (Å²) in [5.41, 5.74) is 1.28. The number of aryl methyl sites for hydroxylation is 1. The van der Waals surface area contributed by atoms with Gasteiger partial charge in [-0.05, 0) is 44.5 Å². The van der Waals surface area contributed by atoms with Crippen molar-refractivity contribution in [3.8, 4) is 0 Å². The predicted molar refractivity (Wildman–Crippen MR) is 72.8 cm³/mol. The molecule has 18 heavy (non-hydrogen) atoms. The molecule has 1 fully saturated rings. The van der Waals surface area contributed by atoms with Gasteiger partial charge in [0.2, 0.25) is 5.91 Å². The van der Waals surface area contributed by atoms with Crippen molar-refractivity contribution in [2.75, 3.05) is 18.4 Å². The highest BCUT2D eigenvalue weighted by atomic mass is 35.5. The van der Waals surface area contributed by atoms with Crippen molar-refractivity contribution in [2.24, 2.45) is 5.41 Å². The number of piperidine rings is 1. The van der Waals surface area contributed by atoms with E-state index in [4.69, 9.17) is 11.6 Å². The Kier molecular flexibility index (Phi) is 3.88. The minimum Gasteiger partial charge on any atom is -0.324 e. The summed E-state index contributed by atoms with van der Waals surface area (Å²) in [4.78, 5) is 16.3. The normalized spacial score (nSPS) is 18.4. The van der Waals surface area contributed by atoms with Crippen molar-refractivity contribution in [1.29, 1.82) is 0 Å². The first kappa shape index (κ1) is 13.3. The van der Waals surface area contributed by atoms with Gasteiger partial charge in [0, 0.05) is 5.41 Å². The molecule has 1 aliphatic heterocycles. The summed E-state index contributed by atoms with van der Waals surface area (Å²) in [5.74, 6) is 0.0625. The van der Waals surface area contributed by atoms with E-state index in [-0.39, 0.29) is 11.3 Å². The minimum atomic E-state index is -0.293. The Bertz CT molecular complexity index is 456. The summed E-state index contributed by atoms with van der Waals surface area (Å²) in [7, 11) is 0. The number of rotatable bonds is 2. The van der Waals surface area contributed by atoms with Crippen LogP contribution in [0.25, 0.3) is 0 Å². The molecule has 0 atom stereocenters. The number of amides is 1. The van der Waals surface area contributed by atoms with Crippen molar-refractivity contribution in [1.82, 2.24) is 10.3 Å². The zero-order valence-corrected chi connectivity index (χ0v) is 11.5. The van der Waals surface area contributed by atoms with Gasteiger partial charge in [-0.3, -0.25) is 4.79 Å². The van der Waals surface area contributed by atoms with Gasteiger partial charge in [-0.15, -0.1) is 0 Å². The molecule has 0 aliphatic carbocycles. The molecular formula is C13H18ClN3O. The molecule has 2 rings (SSSR count). The zero-order valence-electron chi connectivity index (χ0n) is 10.7. The SMILES string of the molecule is Cc1cc(NC(=O)C2(C)CCNCC2)cnc1Cl. The number of hydrogen-bond acceptors (Lipinski definition) is 3. The molecule has 1 aromatic rings. The number of pyridine rings is 1. The van der Waals surface area contributed by atoms with Gasteiger partial charge >= 0.3 is 0 Å². The third-order valence-electron chi connectivity index (χ3n) is 3.53. The number of halogens is 1. The third-order valence-corrected chi connectivity index (χ3v) is 3.92. The van der Waals surface area contributed by atoms with Crippen LogP contribution in [0.2, 0.25) is 5.15 Å². The first-order valence-corrected chi connectivity index (χ1v) is 6.53. The van der Waals surface area contributed by atoms with E-state index in [1.54, 1.807) is 6.20 Å². The number of hydrogen-bond donors (Lipinski definition) is 2. The lowest BCUT2D eigenvalue weighted by Crippen LogP contribution is -2.42. The molecule has 4 nitrogen and oxygen atoms in total. The van der Waals surface area contributed by atoms with Crippen LogP contribution in [0.4, 0.5) is 5.69 Å². The lowest BCUT2D eigenvalue weighted by Gasteiger charge is -2.32. The topological polar surface area (TPSA) is 54.0 Å². The second-order valence-corrected chi connectivity index (χ2v) is 5.45. The maximum atomic E-state index is 12.3. The van der Waals surface area contributed by atoms with Gasteiger partial charge in [0.15, 0.2) is 0 Å². The maximum absolute atomic E-state index is 12.3. The van der Waals surface area contributed by atoms with E-state index in [9.17, 15) is 4.79 Å². The quantitative estimate of drug-likeness (QED) is 0.809. The van der Waals surface area contributed by atoms with Gasteiger partial charge in [-0.2, -0.15) is 0 Å². The van der Waals surface area contributed by atoms with Gasteiger partial charge in [-0.1, -0.05) is 18.5 Å². The molecule has 2 N–H and O–H groups in total. The lowest BCUT2D eigenvalue weighted by atomic mass is 9.80. The second-order valence-electron chi connectivity index (χ2n) is 5.10. The molecule has 1 amide bonds. The van der Waals surface area contributed by atoms with E-state index in [0.717, 1.165) is 31.5 Å². The van der Waals surface area contributed by atoms with Crippen molar-refractivity contribution in [3.05, 3.63) is 23.0 Å². The largest absolute Gasteiger partial charge is 0.324 e. The summed E-state index contributed by atoms with van der Waals surface area (Å²) in [5, 5.41) is 6.67. The van der Waals surface area contributed by atoms with Crippen LogP contribution < -0.4 is 10.6 Å². The number of aromatic nitrogens is 1. The number of anilines is 1. The standard InChI is InChI=1S/C13H18ClN3O/c1-9-7-10(8-16-11(9)14)17-12(18)13(2)3-5-15-6-4-13/h7-8,15H,3-6H2,1-2H3,(H,17,18). The Morgan fingerprint density at radius 1 is 1.50 bits per heavy atom. The highest BCUT2D eigenvalue weighted by molar-refractivity contribution is 6.30. The molecule has 0 unspecified atom stereocenters. The Morgan fingerprint density at radius 2 is 2.17 bits per heavy atom. The van der Waals surface area contributed by atoms with E-state index in [1.165, 1.54) is 0 Å². The van der Waals surface area contributed by atoms with E-state index in [1.807, 2.05) is 19.9 Å². The Morgan fingerprint density at radius 3 is 2.78 bits per heavy atom. The van der Waals surface area contributed by atoms with Crippen LogP contribution >= 0.6 is 11.6 Å². The zero-order chi connectivity index (χ0) is 13.2. The second kappa shape index (κ2) is 5.24. The van der Waals surface area contributed by atoms with Crippen LogP contribution in [-0.4, -0.2) is 24.0 Å². The summed E-state index contributed by atoms with van der Waals surface area (Å²) in [6.45, 7) is 5.67. The fourth-order valence-electron chi connectivity index (χ4n) is 2.11. The summed E-state index contributed by atoms with van der Waals surface area (Å²) in [6.07, 6.45) is 3.31. The molecule has 2 heterocycles. The van der Waals surface area contributed by atoms with Gasteiger partial charge in [0.25, 0.3) is 0 Å². The van der Waals surface area contributed by atoms with Crippen LogP contribution in [0.5, 0.6) is 0 Å². The highest BCUT2D eigenvalue weighted by Gasteiger charge is 2.34. The van der Waals surface area contributed by atoms with Crippen LogP contribution in [0.15, 0.2) is 12.3 Å². The molecule has 5 heteroatoms. The number of nitrogens with zero attached hydrogens (tertiary/aromatic N) is 1. The first-order chi connectivity index (χ1) is 8.51. The van der Waals surface area contributed by atoms with Crippen molar-refractivity contribution in [3.63, 3.8) is 0 Å². The molecule has 0 radical (unpaired) electrons. The molecule has 0 saturated carbocycles. The van der Waals surface area contributed by atoms with Gasteiger partial charge in [0.05, 0.1) is 11.9 Å². The average Bonchev–Trinajstić information content (AvgIpc) is 2.35. The van der Waals surface area contributed by atoms with Crippen LogP contribution in [-0.2, 0) is 4.79 Å².